The third-order valence-electron chi connectivity index (χ3n) is 4.65. The zero-order valence-electron chi connectivity index (χ0n) is 12.6. The lowest BCUT2D eigenvalue weighted by Crippen LogP contribution is -2.36. The average molecular weight is 285 g/mol. The van der Waals surface area contributed by atoms with Crippen LogP contribution in [-0.4, -0.2) is 29.1 Å². The summed E-state index contributed by atoms with van der Waals surface area (Å²) in [4.78, 5) is 15.1. The van der Waals surface area contributed by atoms with Crippen LogP contribution in [0.1, 0.15) is 19.8 Å². The van der Waals surface area contributed by atoms with E-state index >= 15 is 0 Å². The van der Waals surface area contributed by atoms with Crippen molar-refractivity contribution in [1.29, 1.82) is 0 Å². The van der Waals surface area contributed by atoms with E-state index in [1.807, 2.05) is 30.3 Å². The van der Waals surface area contributed by atoms with Crippen molar-refractivity contribution in [2.45, 2.75) is 26.3 Å². The van der Waals surface area contributed by atoms with Crippen molar-refractivity contribution in [3.63, 3.8) is 0 Å². The van der Waals surface area contributed by atoms with Crippen molar-refractivity contribution in [1.82, 2.24) is 9.47 Å². The van der Waals surface area contributed by atoms with Gasteiger partial charge in [0.05, 0.1) is 0 Å². The van der Waals surface area contributed by atoms with Crippen molar-refractivity contribution in [3.8, 4) is 0 Å². The van der Waals surface area contributed by atoms with Gasteiger partial charge in [-0.3, -0.25) is 9.36 Å². The zero-order chi connectivity index (χ0) is 14.8. The van der Waals surface area contributed by atoms with Crippen molar-refractivity contribution in [3.05, 3.63) is 40.7 Å². The Labute approximate surface area is 125 Å². The molecule has 0 aliphatic carbocycles. The van der Waals surface area contributed by atoms with Gasteiger partial charge in [-0.2, -0.15) is 0 Å². The first-order chi connectivity index (χ1) is 10.2. The molecule has 1 aliphatic rings. The fraction of sp³-hybridized carbons (Fsp3) is 0.471. The largest absolute Gasteiger partial charge is 0.385 e. The molecule has 1 aliphatic heterocycles. The second-order valence-electron chi connectivity index (χ2n) is 5.95. The van der Waals surface area contributed by atoms with Crippen LogP contribution in [0.15, 0.2) is 35.1 Å². The minimum Gasteiger partial charge on any atom is -0.385 e. The smallest absolute Gasteiger partial charge is 0.259 e. The van der Waals surface area contributed by atoms with Gasteiger partial charge in [0.2, 0.25) is 0 Å². The topological polar surface area (TPSA) is 51.3 Å². The Hall–Kier alpha value is -1.81. The van der Waals surface area contributed by atoms with Crippen LogP contribution in [0.3, 0.4) is 0 Å². The van der Waals surface area contributed by atoms with Gasteiger partial charge >= 0.3 is 0 Å². The highest BCUT2D eigenvalue weighted by molar-refractivity contribution is 5.83. The molecular formula is C17H23N3O. The highest BCUT2D eigenvalue weighted by Gasteiger charge is 2.20. The predicted molar refractivity (Wildman–Crippen MR) is 87.5 cm³/mol. The lowest BCUT2D eigenvalue weighted by Gasteiger charge is -2.31. The number of pyridine rings is 1. The number of nitrogens with zero attached hydrogens (tertiary/aromatic N) is 2. The fourth-order valence-electron chi connectivity index (χ4n) is 3.25. The Bertz CT molecular complexity index is 684. The molecule has 2 N–H and O–H groups in total. The Morgan fingerprint density at radius 3 is 2.67 bits per heavy atom. The molecule has 0 amide bonds. The molecule has 1 fully saturated rings. The summed E-state index contributed by atoms with van der Waals surface area (Å²) in [6.45, 7) is 6.32. The molecule has 0 unspecified atom stereocenters. The quantitative estimate of drug-likeness (QED) is 0.941. The van der Waals surface area contributed by atoms with Crippen LogP contribution in [0.5, 0.6) is 0 Å². The van der Waals surface area contributed by atoms with Gasteiger partial charge < -0.3 is 10.6 Å². The summed E-state index contributed by atoms with van der Waals surface area (Å²) in [7, 11) is 0. The molecule has 112 valence electrons. The van der Waals surface area contributed by atoms with Crippen LogP contribution in [0.25, 0.3) is 10.8 Å². The Morgan fingerprint density at radius 1 is 1.24 bits per heavy atom. The molecule has 4 heteroatoms. The van der Waals surface area contributed by atoms with Gasteiger partial charge in [-0.25, -0.2) is 0 Å². The molecule has 3 rings (SSSR count). The molecule has 0 bridgehead atoms. The van der Waals surface area contributed by atoms with E-state index in [1.165, 1.54) is 0 Å². The van der Waals surface area contributed by atoms with E-state index in [0.717, 1.165) is 49.8 Å². The third kappa shape index (κ3) is 2.81. The standard InChI is InChI=1S/C17H23N3O/c1-2-19-9-7-13(8-10-19)12-20-16(18)11-14-5-3-4-6-15(14)17(20)21/h3-6,11,13H,2,7-10,12,18H2,1H3. The first-order valence-electron chi connectivity index (χ1n) is 7.79. The SMILES string of the molecule is CCN1CCC(Cn2c(N)cc3ccccc3c2=O)CC1. The minimum absolute atomic E-state index is 0.0449. The average Bonchev–Trinajstić information content (AvgIpc) is 2.52. The summed E-state index contributed by atoms with van der Waals surface area (Å²) < 4.78 is 1.76. The highest BCUT2D eigenvalue weighted by Crippen LogP contribution is 2.21. The van der Waals surface area contributed by atoms with E-state index in [0.29, 0.717) is 11.7 Å². The van der Waals surface area contributed by atoms with Crippen LogP contribution in [0, 0.1) is 5.92 Å². The number of aromatic nitrogens is 1. The number of benzene rings is 1. The first-order valence-corrected chi connectivity index (χ1v) is 7.79. The molecule has 4 nitrogen and oxygen atoms in total. The summed E-state index contributed by atoms with van der Waals surface area (Å²) in [5.74, 6) is 1.13. The Balaban J connectivity index is 1.86. The van der Waals surface area contributed by atoms with E-state index in [9.17, 15) is 4.79 Å². The van der Waals surface area contributed by atoms with Gasteiger partial charge in [0, 0.05) is 11.9 Å². The second kappa shape index (κ2) is 5.90. The molecule has 1 aromatic heterocycles. The van der Waals surface area contributed by atoms with E-state index < -0.39 is 0 Å². The van der Waals surface area contributed by atoms with Crippen molar-refractivity contribution < 1.29 is 0 Å². The van der Waals surface area contributed by atoms with Crippen molar-refractivity contribution >= 4 is 16.6 Å². The van der Waals surface area contributed by atoms with Crippen LogP contribution < -0.4 is 11.3 Å². The maximum Gasteiger partial charge on any atom is 0.259 e. The number of piperidine rings is 1. The van der Waals surface area contributed by atoms with E-state index in [-0.39, 0.29) is 5.56 Å². The highest BCUT2D eigenvalue weighted by atomic mass is 16.1. The molecule has 1 aromatic carbocycles. The van der Waals surface area contributed by atoms with Gasteiger partial charge in [0.15, 0.2) is 0 Å². The lowest BCUT2D eigenvalue weighted by molar-refractivity contribution is 0.181. The third-order valence-corrected chi connectivity index (χ3v) is 4.65. The summed E-state index contributed by atoms with van der Waals surface area (Å²) in [5, 5.41) is 1.69. The first kappa shape index (κ1) is 14.1. The summed E-state index contributed by atoms with van der Waals surface area (Å²) in [6, 6.07) is 9.58. The fourth-order valence-corrected chi connectivity index (χ4v) is 3.25. The predicted octanol–water partition coefficient (Wildman–Crippen LogP) is 2.32. The molecule has 0 saturated carbocycles. The summed E-state index contributed by atoms with van der Waals surface area (Å²) in [5.41, 5.74) is 6.16. The molecule has 0 atom stereocenters. The molecule has 0 spiro atoms. The number of likely N-dealkylation sites (tertiary alicyclic amines) is 1. The molecular weight excluding hydrogens is 262 g/mol. The van der Waals surface area contributed by atoms with Crippen LogP contribution >= 0.6 is 0 Å². The van der Waals surface area contributed by atoms with Crippen molar-refractivity contribution in [2.75, 3.05) is 25.4 Å². The number of hydrogen-bond acceptors (Lipinski definition) is 3. The van der Waals surface area contributed by atoms with E-state index in [1.54, 1.807) is 4.57 Å². The molecule has 21 heavy (non-hydrogen) atoms. The maximum absolute atomic E-state index is 12.6. The molecule has 2 aromatic rings. The van der Waals surface area contributed by atoms with Gasteiger partial charge in [-0.1, -0.05) is 25.1 Å². The zero-order valence-corrected chi connectivity index (χ0v) is 12.6. The van der Waals surface area contributed by atoms with Crippen LogP contribution in [0.4, 0.5) is 5.82 Å². The summed E-state index contributed by atoms with van der Waals surface area (Å²) in [6.07, 6.45) is 2.29. The number of fused-ring (bicyclic) bond motifs is 1. The second-order valence-corrected chi connectivity index (χ2v) is 5.95. The number of hydrogen-bond donors (Lipinski definition) is 1. The minimum atomic E-state index is 0.0449. The van der Waals surface area contributed by atoms with E-state index in [2.05, 4.69) is 11.8 Å². The van der Waals surface area contributed by atoms with Crippen LogP contribution in [0.2, 0.25) is 0 Å². The van der Waals surface area contributed by atoms with Gasteiger partial charge in [0.25, 0.3) is 5.56 Å². The summed E-state index contributed by atoms with van der Waals surface area (Å²) >= 11 is 0. The number of nitrogen functional groups attached to an aromatic ring is 1. The van der Waals surface area contributed by atoms with E-state index in [4.69, 9.17) is 5.73 Å². The Morgan fingerprint density at radius 2 is 1.95 bits per heavy atom. The number of anilines is 1. The molecule has 1 saturated heterocycles. The number of rotatable bonds is 3. The normalized spacial score (nSPS) is 17.4. The molecule has 0 radical (unpaired) electrons. The van der Waals surface area contributed by atoms with Gasteiger partial charge in [0.1, 0.15) is 5.82 Å². The molecule has 2 heterocycles. The maximum atomic E-state index is 12.6. The monoisotopic (exact) mass is 285 g/mol. The van der Waals surface area contributed by atoms with Gasteiger partial charge in [-0.15, -0.1) is 0 Å². The lowest BCUT2D eigenvalue weighted by atomic mass is 9.96. The Kier molecular flexibility index (Phi) is 3.97. The van der Waals surface area contributed by atoms with Gasteiger partial charge in [-0.05, 0) is 55.9 Å². The van der Waals surface area contributed by atoms with Crippen molar-refractivity contribution in [2.24, 2.45) is 5.92 Å². The number of nitrogens with two attached hydrogens (primary N) is 1. The van der Waals surface area contributed by atoms with Crippen LogP contribution in [-0.2, 0) is 6.54 Å².